The predicted octanol–water partition coefficient (Wildman–Crippen LogP) is 5.11. The second-order valence-electron chi connectivity index (χ2n) is 7.97. The molecule has 168 valence electrons. The molecular weight excluding hydrogens is 418 g/mol. The Labute approximate surface area is 192 Å². The van der Waals surface area contributed by atoms with E-state index in [1.165, 1.54) is 12.0 Å². The standard InChI is InChI=1S/C27H25NO5/c1-17(2)33-21-14-12-20(13-15-21)28-24(18-8-5-4-6-9-18)23(26(30)27(28)31)25(29)19-10-7-11-22(16-19)32-3/h4-17,24,29H,1-3H3/b25-23-. The first-order valence-corrected chi connectivity index (χ1v) is 10.7. The van der Waals surface area contributed by atoms with Gasteiger partial charge in [-0.05, 0) is 55.8 Å². The first-order chi connectivity index (χ1) is 15.9. The summed E-state index contributed by atoms with van der Waals surface area (Å²) in [5.41, 5.74) is 1.67. The Morgan fingerprint density at radius 3 is 2.24 bits per heavy atom. The van der Waals surface area contributed by atoms with Gasteiger partial charge in [-0.15, -0.1) is 0 Å². The van der Waals surface area contributed by atoms with Crippen LogP contribution in [0.5, 0.6) is 11.5 Å². The highest BCUT2D eigenvalue weighted by atomic mass is 16.5. The number of hydrogen-bond donors (Lipinski definition) is 1. The Kier molecular flexibility index (Phi) is 6.18. The van der Waals surface area contributed by atoms with Crippen LogP contribution in [0.25, 0.3) is 5.76 Å². The topological polar surface area (TPSA) is 76.1 Å². The van der Waals surface area contributed by atoms with Gasteiger partial charge in [-0.2, -0.15) is 0 Å². The average Bonchev–Trinajstić information content (AvgIpc) is 3.10. The lowest BCUT2D eigenvalue weighted by Crippen LogP contribution is -2.29. The van der Waals surface area contributed by atoms with Crippen LogP contribution in [0.3, 0.4) is 0 Å². The summed E-state index contributed by atoms with van der Waals surface area (Å²) in [6.45, 7) is 3.86. The first kappa shape index (κ1) is 22.1. The summed E-state index contributed by atoms with van der Waals surface area (Å²) in [5.74, 6) is -0.496. The number of anilines is 1. The number of methoxy groups -OCH3 is 1. The first-order valence-electron chi connectivity index (χ1n) is 10.7. The molecule has 6 heteroatoms. The molecule has 3 aromatic carbocycles. The van der Waals surface area contributed by atoms with Crippen LogP contribution in [-0.2, 0) is 9.59 Å². The minimum Gasteiger partial charge on any atom is -0.507 e. The van der Waals surface area contributed by atoms with E-state index in [1.807, 2.05) is 44.2 Å². The maximum absolute atomic E-state index is 13.2. The molecular formula is C27H25NO5. The SMILES string of the molecule is COc1cccc(/C(O)=C2/C(=O)C(=O)N(c3ccc(OC(C)C)cc3)C2c2ccccc2)c1. The van der Waals surface area contributed by atoms with E-state index in [2.05, 4.69) is 0 Å². The fraction of sp³-hybridized carbons (Fsp3) is 0.185. The number of ether oxygens (including phenoxy) is 2. The van der Waals surface area contributed by atoms with Crippen LogP contribution in [0.4, 0.5) is 5.69 Å². The van der Waals surface area contributed by atoms with Gasteiger partial charge in [0.15, 0.2) is 0 Å². The molecule has 0 spiro atoms. The van der Waals surface area contributed by atoms with Gasteiger partial charge >= 0.3 is 0 Å². The molecule has 1 aliphatic rings. The molecule has 0 radical (unpaired) electrons. The molecule has 6 nitrogen and oxygen atoms in total. The quantitative estimate of drug-likeness (QED) is 0.326. The minimum atomic E-state index is -0.783. The van der Waals surface area contributed by atoms with Gasteiger partial charge in [0.05, 0.1) is 24.8 Å². The number of benzene rings is 3. The molecule has 1 amide bonds. The van der Waals surface area contributed by atoms with Crippen molar-refractivity contribution in [3.8, 4) is 11.5 Å². The fourth-order valence-corrected chi connectivity index (χ4v) is 3.93. The molecule has 4 rings (SSSR count). The van der Waals surface area contributed by atoms with Crippen LogP contribution in [0, 0.1) is 0 Å². The lowest BCUT2D eigenvalue weighted by atomic mass is 9.95. The zero-order valence-electron chi connectivity index (χ0n) is 18.7. The van der Waals surface area contributed by atoms with Crippen molar-refractivity contribution in [2.24, 2.45) is 0 Å². The summed E-state index contributed by atoms with van der Waals surface area (Å²) < 4.78 is 10.9. The van der Waals surface area contributed by atoms with Gasteiger partial charge < -0.3 is 14.6 Å². The average molecular weight is 443 g/mol. The third-order valence-corrected chi connectivity index (χ3v) is 5.39. The third-order valence-electron chi connectivity index (χ3n) is 5.39. The Hall–Kier alpha value is -4.06. The van der Waals surface area contributed by atoms with Gasteiger partial charge in [0, 0.05) is 11.3 Å². The Balaban J connectivity index is 1.85. The number of rotatable bonds is 6. The summed E-state index contributed by atoms with van der Waals surface area (Å²) in [6.07, 6.45) is 0.0114. The van der Waals surface area contributed by atoms with Crippen LogP contribution >= 0.6 is 0 Å². The van der Waals surface area contributed by atoms with Crippen molar-refractivity contribution < 1.29 is 24.2 Å². The molecule has 1 N–H and O–H groups in total. The van der Waals surface area contributed by atoms with Gasteiger partial charge in [-0.3, -0.25) is 14.5 Å². The molecule has 1 aliphatic heterocycles. The van der Waals surface area contributed by atoms with E-state index >= 15 is 0 Å². The van der Waals surface area contributed by atoms with E-state index in [4.69, 9.17) is 9.47 Å². The maximum atomic E-state index is 13.2. The lowest BCUT2D eigenvalue weighted by molar-refractivity contribution is -0.132. The monoisotopic (exact) mass is 443 g/mol. The summed E-state index contributed by atoms with van der Waals surface area (Å²) >= 11 is 0. The number of carbonyl (C=O) groups is 2. The Bertz CT molecular complexity index is 1200. The highest BCUT2D eigenvalue weighted by molar-refractivity contribution is 6.51. The molecule has 1 fully saturated rings. The minimum absolute atomic E-state index is 0.0114. The summed E-state index contributed by atoms with van der Waals surface area (Å²) in [6, 6.07) is 22.2. The van der Waals surface area contributed by atoms with Crippen LogP contribution in [-0.4, -0.2) is 30.0 Å². The number of amides is 1. The number of nitrogens with zero attached hydrogens (tertiary/aromatic N) is 1. The van der Waals surface area contributed by atoms with E-state index < -0.39 is 17.7 Å². The van der Waals surface area contributed by atoms with Crippen LogP contribution in [0.15, 0.2) is 84.4 Å². The van der Waals surface area contributed by atoms with Crippen LogP contribution in [0.2, 0.25) is 0 Å². The molecule has 0 saturated carbocycles. The molecule has 1 unspecified atom stereocenters. The number of aliphatic hydroxyl groups excluding tert-OH is 1. The van der Waals surface area contributed by atoms with Gasteiger partial charge in [-0.25, -0.2) is 0 Å². The summed E-state index contributed by atoms with van der Waals surface area (Å²) in [7, 11) is 1.52. The zero-order valence-corrected chi connectivity index (χ0v) is 18.7. The number of ketones is 1. The Morgan fingerprint density at radius 1 is 0.909 bits per heavy atom. The predicted molar refractivity (Wildman–Crippen MR) is 126 cm³/mol. The second-order valence-corrected chi connectivity index (χ2v) is 7.97. The van der Waals surface area contributed by atoms with E-state index in [9.17, 15) is 14.7 Å². The van der Waals surface area contributed by atoms with Gasteiger partial charge in [0.2, 0.25) is 0 Å². The molecule has 0 aromatic heterocycles. The van der Waals surface area contributed by atoms with Gasteiger partial charge in [-0.1, -0.05) is 42.5 Å². The van der Waals surface area contributed by atoms with E-state index in [1.54, 1.807) is 48.5 Å². The van der Waals surface area contributed by atoms with Crippen molar-refractivity contribution in [2.45, 2.75) is 26.0 Å². The molecule has 0 aliphatic carbocycles. The van der Waals surface area contributed by atoms with Crippen LogP contribution in [0.1, 0.15) is 31.0 Å². The van der Waals surface area contributed by atoms with E-state index in [0.717, 1.165) is 0 Å². The number of carbonyl (C=O) groups excluding carboxylic acids is 2. The molecule has 33 heavy (non-hydrogen) atoms. The highest BCUT2D eigenvalue weighted by Crippen LogP contribution is 2.42. The van der Waals surface area contributed by atoms with Crippen molar-refractivity contribution in [3.05, 3.63) is 95.6 Å². The number of aliphatic hydroxyl groups is 1. The van der Waals surface area contributed by atoms with E-state index in [0.29, 0.717) is 28.3 Å². The second kappa shape index (κ2) is 9.20. The summed E-state index contributed by atoms with van der Waals surface area (Å²) in [4.78, 5) is 27.8. The number of Topliss-reactive ketones (excluding diaryl/α,β-unsaturated/α-hetero) is 1. The lowest BCUT2D eigenvalue weighted by Gasteiger charge is -2.25. The molecule has 1 heterocycles. The van der Waals surface area contributed by atoms with Gasteiger partial charge in [0.25, 0.3) is 11.7 Å². The number of hydrogen-bond acceptors (Lipinski definition) is 5. The molecule has 0 bridgehead atoms. The zero-order chi connectivity index (χ0) is 23.5. The fourth-order valence-electron chi connectivity index (χ4n) is 3.93. The Morgan fingerprint density at radius 2 is 1.61 bits per heavy atom. The van der Waals surface area contributed by atoms with Crippen molar-refractivity contribution in [2.75, 3.05) is 12.0 Å². The normalized spacial score (nSPS) is 17.5. The molecule has 1 saturated heterocycles. The van der Waals surface area contributed by atoms with Crippen molar-refractivity contribution in [1.82, 2.24) is 0 Å². The maximum Gasteiger partial charge on any atom is 0.300 e. The molecule has 1 atom stereocenters. The van der Waals surface area contributed by atoms with Crippen molar-refractivity contribution in [3.63, 3.8) is 0 Å². The third kappa shape index (κ3) is 4.32. The summed E-state index contributed by atoms with van der Waals surface area (Å²) in [5, 5.41) is 11.2. The highest BCUT2D eigenvalue weighted by Gasteiger charge is 2.46. The van der Waals surface area contributed by atoms with Crippen molar-refractivity contribution in [1.29, 1.82) is 0 Å². The largest absolute Gasteiger partial charge is 0.507 e. The van der Waals surface area contributed by atoms with Crippen LogP contribution < -0.4 is 14.4 Å². The molecule has 3 aromatic rings. The van der Waals surface area contributed by atoms with Crippen molar-refractivity contribution >= 4 is 23.1 Å². The smallest absolute Gasteiger partial charge is 0.300 e. The van der Waals surface area contributed by atoms with Gasteiger partial charge in [0.1, 0.15) is 17.3 Å². The van der Waals surface area contributed by atoms with E-state index in [-0.39, 0.29) is 17.4 Å².